The number of hydrogen-bond acceptors (Lipinski definition) is 3. The predicted octanol–water partition coefficient (Wildman–Crippen LogP) is 2.70. The van der Waals surface area contributed by atoms with Crippen LogP contribution in [0.5, 0.6) is 0 Å². The van der Waals surface area contributed by atoms with Gasteiger partial charge in [0, 0.05) is 29.3 Å². The zero-order valence-electron chi connectivity index (χ0n) is 12.2. The van der Waals surface area contributed by atoms with Crippen LogP contribution in [0.2, 0.25) is 0 Å². The maximum absolute atomic E-state index is 11.3. The van der Waals surface area contributed by atoms with E-state index >= 15 is 0 Å². The predicted molar refractivity (Wildman–Crippen MR) is 88.9 cm³/mol. The summed E-state index contributed by atoms with van der Waals surface area (Å²) in [5, 5.41) is 9.36. The van der Waals surface area contributed by atoms with E-state index in [1.165, 1.54) is 0 Å². The summed E-state index contributed by atoms with van der Waals surface area (Å²) in [4.78, 5) is 11.3. The number of carbonyl (C=O) groups is 1. The number of primary amides is 1. The van der Waals surface area contributed by atoms with Crippen molar-refractivity contribution in [2.45, 2.75) is 0 Å². The lowest BCUT2D eigenvalue weighted by atomic mass is 10.1. The van der Waals surface area contributed by atoms with Gasteiger partial charge in [0.15, 0.2) is 0 Å². The molecule has 0 unspecified atom stereocenters. The Hall–Kier alpha value is -3.52. The SMILES string of the molecule is N#Cc1cn(-c2ccc(C(N)=O)c(N)c2)cc1-c1ccccc1. The average Bonchev–Trinajstić information content (AvgIpc) is 2.99. The summed E-state index contributed by atoms with van der Waals surface area (Å²) in [6, 6.07) is 16.9. The van der Waals surface area contributed by atoms with Crippen molar-refractivity contribution in [3.63, 3.8) is 0 Å². The zero-order chi connectivity index (χ0) is 16.4. The average molecular weight is 302 g/mol. The smallest absolute Gasteiger partial charge is 0.250 e. The van der Waals surface area contributed by atoms with Crippen molar-refractivity contribution in [2.24, 2.45) is 5.73 Å². The van der Waals surface area contributed by atoms with Gasteiger partial charge < -0.3 is 16.0 Å². The quantitative estimate of drug-likeness (QED) is 0.728. The lowest BCUT2D eigenvalue weighted by Gasteiger charge is -2.07. The first-order valence-corrected chi connectivity index (χ1v) is 6.97. The number of nitriles is 1. The highest BCUT2D eigenvalue weighted by molar-refractivity contribution is 5.98. The van der Waals surface area contributed by atoms with Gasteiger partial charge in [0.1, 0.15) is 6.07 Å². The molecule has 0 saturated carbocycles. The minimum Gasteiger partial charge on any atom is -0.398 e. The fourth-order valence-corrected chi connectivity index (χ4v) is 2.48. The summed E-state index contributed by atoms with van der Waals surface area (Å²) in [7, 11) is 0. The summed E-state index contributed by atoms with van der Waals surface area (Å²) in [5.41, 5.74) is 14.8. The highest BCUT2D eigenvalue weighted by Crippen LogP contribution is 2.27. The van der Waals surface area contributed by atoms with Crippen LogP contribution in [-0.2, 0) is 0 Å². The van der Waals surface area contributed by atoms with Gasteiger partial charge >= 0.3 is 0 Å². The molecule has 0 aliphatic heterocycles. The minimum absolute atomic E-state index is 0.282. The monoisotopic (exact) mass is 302 g/mol. The van der Waals surface area contributed by atoms with E-state index in [1.54, 1.807) is 24.4 Å². The number of rotatable bonds is 3. The molecule has 3 rings (SSSR count). The van der Waals surface area contributed by atoms with Crippen molar-refractivity contribution >= 4 is 11.6 Å². The number of nitrogens with zero attached hydrogens (tertiary/aromatic N) is 2. The molecular weight excluding hydrogens is 288 g/mol. The highest BCUT2D eigenvalue weighted by Gasteiger charge is 2.11. The molecule has 0 aliphatic rings. The van der Waals surface area contributed by atoms with Crippen LogP contribution in [0.3, 0.4) is 0 Å². The Morgan fingerprint density at radius 1 is 1.09 bits per heavy atom. The number of carbonyl (C=O) groups excluding carboxylic acids is 1. The van der Waals surface area contributed by atoms with Gasteiger partial charge in [0.2, 0.25) is 0 Å². The van der Waals surface area contributed by atoms with Gasteiger partial charge in [-0.2, -0.15) is 5.26 Å². The van der Waals surface area contributed by atoms with Crippen molar-refractivity contribution in [3.05, 3.63) is 72.1 Å². The van der Waals surface area contributed by atoms with E-state index in [0.29, 0.717) is 11.3 Å². The van der Waals surface area contributed by atoms with Gasteiger partial charge in [-0.25, -0.2) is 0 Å². The van der Waals surface area contributed by atoms with Crippen molar-refractivity contribution in [3.8, 4) is 22.9 Å². The first-order chi connectivity index (χ1) is 11.1. The van der Waals surface area contributed by atoms with Crippen molar-refractivity contribution in [2.75, 3.05) is 5.73 Å². The second-order valence-corrected chi connectivity index (χ2v) is 5.11. The molecule has 1 amide bonds. The Kier molecular flexibility index (Phi) is 3.57. The minimum atomic E-state index is -0.566. The van der Waals surface area contributed by atoms with Crippen LogP contribution in [0.25, 0.3) is 16.8 Å². The summed E-state index contributed by atoms with van der Waals surface area (Å²) in [6.45, 7) is 0. The number of nitrogens with two attached hydrogens (primary N) is 2. The van der Waals surface area contributed by atoms with Gasteiger partial charge in [-0.15, -0.1) is 0 Å². The van der Waals surface area contributed by atoms with Crippen molar-refractivity contribution < 1.29 is 4.79 Å². The van der Waals surface area contributed by atoms with Crippen LogP contribution in [0.4, 0.5) is 5.69 Å². The second kappa shape index (κ2) is 5.70. The lowest BCUT2D eigenvalue weighted by molar-refractivity contribution is 0.100. The van der Waals surface area contributed by atoms with Crippen LogP contribution in [0.1, 0.15) is 15.9 Å². The van der Waals surface area contributed by atoms with E-state index in [4.69, 9.17) is 11.5 Å². The second-order valence-electron chi connectivity index (χ2n) is 5.11. The first-order valence-electron chi connectivity index (χ1n) is 6.97. The largest absolute Gasteiger partial charge is 0.398 e. The molecule has 0 aliphatic carbocycles. The maximum Gasteiger partial charge on any atom is 0.250 e. The number of nitrogen functional groups attached to an aromatic ring is 1. The molecule has 0 saturated heterocycles. The third-order valence-corrected chi connectivity index (χ3v) is 3.63. The zero-order valence-corrected chi connectivity index (χ0v) is 12.2. The number of aromatic nitrogens is 1. The van der Waals surface area contributed by atoms with Gasteiger partial charge in [0.25, 0.3) is 5.91 Å². The molecule has 1 heterocycles. The molecule has 4 N–H and O–H groups in total. The Morgan fingerprint density at radius 3 is 2.43 bits per heavy atom. The van der Waals surface area contributed by atoms with Gasteiger partial charge in [-0.1, -0.05) is 30.3 Å². The van der Waals surface area contributed by atoms with Crippen molar-refractivity contribution in [1.29, 1.82) is 5.26 Å². The molecule has 23 heavy (non-hydrogen) atoms. The number of hydrogen-bond donors (Lipinski definition) is 2. The molecule has 5 nitrogen and oxygen atoms in total. The van der Waals surface area contributed by atoms with Crippen LogP contribution >= 0.6 is 0 Å². The van der Waals surface area contributed by atoms with Crippen LogP contribution in [0, 0.1) is 11.3 Å². The molecule has 5 heteroatoms. The van der Waals surface area contributed by atoms with E-state index in [-0.39, 0.29) is 5.56 Å². The van der Waals surface area contributed by atoms with E-state index in [0.717, 1.165) is 16.8 Å². The topological polar surface area (TPSA) is 97.8 Å². The molecule has 0 fully saturated rings. The van der Waals surface area contributed by atoms with E-state index in [2.05, 4.69) is 6.07 Å². The fourth-order valence-electron chi connectivity index (χ4n) is 2.48. The summed E-state index contributed by atoms with van der Waals surface area (Å²) in [5.74, 6) is -0.566. The maximum atomic E-state index is 11.3. The van der Waals surface area contributed by atoms with Gasteiger partial charge in [0.05, 0.1) is 11.1 Å². The molecule has 2 aromatic carbocycles. The Balaban J connectivity index is 2.09. The lowest BCUT2D eigenvalue weighted by Crippen LogP contribution is -2.13. The summed E-state index contributed by atoms with van der Waals surface area (Å²) in [6.07, 6.45) is 3.60. The Bertz CT molecular complexity index is 920. The molecule has 1 aromatic heterocycles. The van der Waals surface area contributed by atoms with E-state index in [9.17, 15) is 10.1 Å². The third-order valence-electron chi connectivity index (χ3n) is 3.63. The molecule has 112 valence electrons. The van der Waals surface area contributed by atoms with Gasteiger partial charge in [-0.3, -0.25) is 4.79 Å². The standard InChI is InChI=1S/C18H14N4O/c19-9-13-10-22(11-16(13)12-4-2-1-3-5-12)14-6-7-15(18(21)23)17(20)8-14/h1-8,10-11H,20H2,(H2,21,23). The normalized spacial score (nSPS) is 10.2. The Morgan fingerprint density at radius 2 is 1.83 bits per heavy atom. The molecular formula is C18H14N4O. The van der Waals surface area contributed by atoms with Gasteiger partial charge in [-0.05, 0) is 23.8 Å². The molecule has 3 aromatic rings. The van der Waals surface area contributed by atoms with E-state index in [1.807, 2.05) is 41.1 Å². The Labute approximate surface area is 133 Å². The van der Waals surface area contributed by atoms with E-state index < -0.39 is 5.91 Å². The highest BCUT2D eigenvalue weighted by atomic mass is 16.1. The van der Waals surface area contributed by atoms with Crippen LogP contribution in [0.15, 0.2) is 60.9 Å². The third kappa shape index (κ3) is 2.65. The number of benzene rings is 2. The van der Waals surface area contributed by atoms with Crippen LogP contribution < -0.4 is 11.5 Å². The summed E-state index contributed by atoms with van der Waals surface area (Å²) < 4.78 is 1.81. The van der Waals surface area contributed by atoms with Crippen LogP contribution in [-0.4, -0.2) is 10.5 Å². The molecule has 0 radical (unpaired) electrons. The fraction of sp³-hybridized carbons (Fsp3) is 0. The number of anilines is 1. The molecule has 0 atom stereocenters. The van der Waals surface area contributed by atoms with Crippen molar-refractivity contribution in [1.82, 2.24) is 4.57 Å². The molecule has 0 spiro atoms. The summed E-state index contributed by atoms with van der Waals surface area (Å²) >= 11 is 0. The molecule has 0 bridgehead atoms. The first kappa shape index (κ1) is 14.4. The number of amides is 1.